The highest BCUT2D eigenvalue weighted by molar-refractivity contribution is 5.46. The number of aromatic nitrogens is 2. The van der Waals surface area contributed by atoms with Crippen LogP contribution in [0.4, 0.5) is 10.1 Å². The average molecular weight is 247 g/mol. The first kappa shape index (κ1) is 12.6. The van der Waals surface area contributed by atoms with E-state index in [1.807, 2.05) is 30.8 Å². The van der Waals surface area contributed by atoms with Crippen molar-refractivity contribution in [2.75, 3.05) is 5.32 Å². The van der Waals surface area contributed by atoms with Gasteiger partial charge in [0.05, 0.1) is 11.9 Å². The maximum absolute atomic E-state index is 13.6. The second-order valence-corrected chi connectivity index (χ2v) is 4.41. The molecule has 0 radical (unpaired) electrons. The Morgan fingerprint density at radius 1 is 1.33 bits per heavy atom. The highest BCUT2D eigenvalue weighted by atomic mass is 19.1. The Morgan fingerprint density at radius 3 is 2.72 bits per heavy atom. The van der Waals surface area contributed by atoms with Gasteiger partial charge in [-0.05, 0) is 38.5 Å². The highest BCUT2D eigenvalue weighted by Gasteiger charge is 2.06. The van der Waals surface area contributed by atoms with Crippen LogP contribution in [0.3, 0.4) is 0 Å². The summed E-state index contributed by atoms with van der Waals surface area (Å²) in [5.74, 6) is -0.212. The molecule has 18 heavy (non-hydrogen) atoms. The molecule has 2 rings (SSSR count). The van der Waals surface area contributed by atoms with Gasteiger partial charge >= 0.3 is 0 Å². The molecular formula is C14H18FN3. The third-order valence-corrected chi connectivity index (χ3v) is 3.10. The number of nitrogens with one attached hydrogen (secondary N) is 1. The first-order valence-corrected chi connectivity index (χ1v) is 6.13. The van der Waals surface area contributed by atoms with Gasteiger partial charge in [-0.25, -0.2) is 4.39 Å². The lowest BCUT2D eigenvalue weighted by atomic mass is 10.2. The lowest BCUT2D eigenvalue weighted by Crippen LogP contribution is -2.04. The molecule has 1 N–H and O–H groups in total. The van der Waals surface area contributed by atoms with E-state index in [4.69, 9.17) is 0 Å². The predicted molar refractivity (Wildman–Crippen MR) is 71.1 cm³/mol. The largest absolute Gasteiger partial charge is 0.378 e. The lowest BCUT2D eigenvalue weighted by Gasteiger charge is -2.08. The van der Waals surface area contributed by atoms with Gasteiger partial charge in [0.15, 0.2) is 0 Å². The van der Waals surface area contributed by atoms with Crippen LogP contribution in [0.2, 0.25) is 0 Å². The molecule has 0 saturated carbocycles. The van der Waals surface area contributed by atoms with E-state index in [2.05, 4.69) is 17.3 Å². The lowest BCUT2D eigenvalue weighted by molar-refractivity contribution is 0.628. The standard InChI is InChI=1S/C14H18FN3/c1-4-18-11(3)12(9-17-18)8-16-14-6-5-10(2)7-13(14)15/h5-7,9,16H,4,8H2,1-3H3. The van der Waals surface area contributed by atoms with Crippen LogP contribution in [0.25, 0.3) is 0 Å². The molecule has 0 saturated heterocycles. The molecular weight excluding hydrogens is 229 g/mol. The fraction of sp³-hybridized carbons (Fsp3) is 0.357. The van der Waals surface area contributed by atoms with E-state index >= 15 is 0 Å². The zero-order valence-electron chi connectivity index (χ0n) is 11.0. The van der Waals surface area contributed by atoms with E-state index in [1.165, 1.54) is 6.07 Å². The van der Waals surface area contributed by atoms with E-state index in [0.29, 0.717) is 12.2 Å². The minimum atomic E-state index is -0.212. The van der Waals surface area contributed by atoms with E-state index in [0.717, 1.165) is 23.4 Å². The van der Waals surface area contributed by atoms with Crippen molar-refractivity contribution in [2.45, 2.75) is 33.9 Å². The first-order chi connectivity index (χ1) is 8.61. The van der Waals surface area contributed by atoms with Crippen molar-refractivity contribution in [1.29, 1.82) is 0 Å². The number of rotatable bonds is 4. The Morgan fingerprint density at radius 2 is 2.11 bits per heavy atom. The van der Waals surface area contributed by atoms with Crippen molar-refractivity contribution >= 4 is 5.69 Å². The van der Waals surface area contributed by atoms with Gasteiger partial charge < -0.3 is 5.32 Å². The van der Waals surface area contributed by atoms with Gasteiger partial charge in [-0.2, -0.15) is 5.10 Å². The molecule has 0 aliphatic carbocycles. The summed E-state index contributed by atoms with van der Waals surface area (Å²) in [6.07, 6.45) is 1.83. The van der Waals surface area contributed by atoms with Crippen LogP contribution >= 0.6 is 0 Å². The molecule has 3 nitrogen and oxygen atoms in total. The van der Waals surface area contributed by atoms with Crippen LogP contribution in [0.15, 0.2) is 24.4 Å². The monoisotopic (exact) mass is 247 g/mol. The van der Waals surface area contributed by atoms with Gasteiger partial charge in [-0.3, -0.25) is 4.68 Å². The van der Waals surface area contributed by atoms with Gasteiger partial charge in [0, 0.05) is 24.3 Å². The van der Waals surface area contributed by atoms with Crippen LogP contribution in [0.5, 0.6) is 0 Å². The summed E-state index contributed by atoms with van der Waals surface area (Å²) in [6, 6.07) is 5.20. The average Bonchev–Trinajstić information content (AvgIpc) is 2.69. The third-order valence-electron chi connectivity index (χ3n) is 3.10. The smallest absolute Gasteiger partial charge is 0.146 e. The molecule has 0 fully saturated rings. The van der Waals surface area contributed by atoms with E-state index < -0.39 is 0 Å². The molecule has 0 atom stereocenters. The fourth-order valence-electron chi connectivity index (χ4n) is 1.93. The zero-order valence-corrected chi connectivity index (χ0v) is 11.0. The van der Waals surface area contributed by atoms with Crippen LogP contribution in [0, 0.1) is 19.7 Å². The zero-order chi connectivity index (χ0) is 13.1. The Kier molecular flexibility index (Phi) is 3.65. The van der Waals surface area contributed by atoms with Crippen molar-refractivity contribution in [3.05, 3.63) is 47.0 Å². The molecule has 4 heteroatoms. The Balaban J connectivity index is 2.09. The van der Waals surface area contributed by atoms with Crippen LogP contribution in [-0.2, 0) is 13.1 Å². The Labute approximate surface area is 107 Å². The molecule has 0 spiro atoms. The summed E-state index contributed by atoms with van der Waals surface area (Å²) in [4.78, 5) is 0. The molecule has 2 aromatic rings. The molecule has 0 unspecified atom stereocenters. The summed E-state index contributed by atoms with van der Waals surface area (Å²) >= 11 is 0. The van der Waals surface area contributed by atoms with Crippen molar-refractivity contribution in [3.8, 4) is 0 Å². The second-order valence-electron chi connectivity index (χ2n) is 4.41. The van der Waals surface area contributed by atoms with Crippen molar-refractivity contribution < 1.29 is 4.39 Å². The molecule has 0 amide bonds. The number of anilines is 1. The summed E-state index contributed by atoms with van der Waals surface area (Å²) in [6.45, 7) is 7.40. The SMILES string of the molecule is CCn1ncc(CNc2ccc(C)cc2F)c1C. The van der Waals surface area contributed by atoms with E-state index in [1.54, 1.807) is 6.07 Å². The highest BCUT2D eigenvalue weighted by Crippen LogP contribution is 2.17. The third kappa shape index (κ3) is 2.53. The molecule has 1 aromatic heterocycles. The van der Waals surface area contributed by atoms with Gasteiger partial charge in [0.25, 0.3) is 0 Å². The quantitative estimate of drug-likeness (QED) is 0.898. The molecule has 96 valence electrons. The number of nitrogens with zero attached hydrogens (tertiary/aromatic N) is 2. The van der Waals surface area contributed by atoms with E-state index in [-0.39, 0.29) is 5.82 Å². The Bertz CT molecular complexity index is 546. The molecule has 1 aromatic carbocycles. The summed E-state index contributed by atoms with van der Waals surface area (Å²) < 4.78 is 15.6. The van der Waals surface area contributed by atoms with Crippen LogP contribution in [0.1, 0.15) is 23.7 Å². The maximum Gasteiger partial charge on any atom is 0.146 e. The summed E-state index contributed by atoms with van der Waals surface area (Å²) in [5, 5.41) is 7.37. The van der Waals surface area contributed by atoms with Gasteiger partial charge in [0.2, 0.25) is 0 Å². The van der Waals surface area contributed by atoms with E-state index in [9.17, 15) is 4.39 Å². The van der Waals surface area contributed by atoms with Gasteiger partial charge in [0.1, 0.15) is 5.82 Å². The fourth-order valence-corrected chi connectivity index (χ4v) is 1.93. The molecule has 0 aliphatic heterocycles. The number of hydrogen-bond acceptors (Lipinski definition) is 2. The van der Waals surface area contributed by atoms with Gasteiger partial charge in [-0.15, -0.1) is 0 Å². The minimum Gasteiger partial charge on any atom is -0.378 e. The molecule has 0 bridgehead atoms. The number of benzene rings is 1. The predicted octanol–water partition coefficient (Wildman–Crippen LogP) is 3.27. The molecule has 1 heterocycles. The summed E-state index contributed by atoms with van der Waals surface area (Å²) in [7, 11) is 0. The van der Waals surface area contributed by atoms with Gasteiger partial charge in [-0.1, -0.05) is 6.07 Å². The minimum absolute atomic E-state index is 0.212. The van der Waals surface area contributed by atoms with Crippen molar-refractivity contribution in [1.82, 2.24) is 9.78 Å². The maximum atomic E-state index is 13.6. The van der Waals surface area contributed by atoms with Crippen LogP contribution < -0.4 is 5.32 Å². The Hall–Kier alpha value is -1.84. The normalized spacial score (nSPS) is 10.7. The van der Waals surface area contributed by atoms with Crippen LogP contribution in [-0.4, -0.2) is 9.78 Å². The summed E-state index contributed by atoms with van der Waals surface area (Å²) in [5.41, 5.74) is 3.67. The van der Waals surface area contributed by atoms with Crippen molar-refractivity contribution in [2.24, 2.45) is 0 Å². The number of halogens is 1. The number of hydrogen-bond donors (Lipinski definition) is 1. The van der Waals surface area contributed by atoms with Crippen molar-refractivity contribution in [3.63, 3.8) is 0 Å². The first-order valence-electron chi connectivity index (χ1n) is 6.13. The molecule has 0 aliphatic rings. The second kappa shape index (κ2) is 5.21. The number of aryl methyl sites for hydroxylation is 2. The topological polar surface area (TPSA) is 29.9 Å².